The van der Waals surface area contributed by atoms with Crippen LogP contribution in [0.2, 0.25) is 0 Å². The fourth-order valence-corrected chi connectivity index (χ4v) is 0. The zero-order valence-electron chi connectivity index (χ0n) is 3.26. The fraction of sp³-hybridized carbons (Fsp3) is 0. The third-order valence-electron chi connectivity index (χ3n) is 0. The van der Waals surface area contributed by atoms with Gasteiger partial charge in [-0.1, -0.05) is 0 Å². The summed E-state index contributed by atoms with van der Waals surface area (Å²) in [5.74, 6) is 0. The standard InChI is InChI=1S/2CH3.2HI.Ti/h2*1H3;2*1H;/q2*-1;;;+2/p-2. The van der Waals surface area contributed by atoms with Crippen molar-refractivity contribution >= 4 is 38.4 Å². The molecule has 0 nitrogen and oxygen atoms in total. The molecule has 0 aliphatic heterocycles. The molecule has 0 aromatic heterocycles. The molecule has 0 amide bonds. The molecule has 0 rings (SSSR count). The minimum absolute atomic E-state index is 0. The van der Waals surface area contributed by atoms with Crippen molar-refractivity contribution in [1.29, 1.82) is 0 Å². The number of rotatable bonds is 0. The number of hydrogen-bond acceptors (Lipinski definition) is 0. The van der Waals surface area contributed by atoms with Crippen LogP contribution in [-0.2, 0) is 11.7 Å². The van der Waals surface area contributed by atoms with Crippen molar-refractivity contribution < 1.29 is 11.7 Å². The molecule has 0 unspecified atom stereocenters. The second-order valence-electron chi connectivity index (χ2n) is 0.0714. The SMILES string of the molecule is [CH3-].[CH3-].[I][Ti][I]. The van der Waals surface area contributed by atoms with Gasteiger partial charge in [-0.3, -0.25) is 0 Å². The molecule has 0 heterocycles. The second-order valence-corrected chi connectivity index (χ2v) is 13.3. The fourth-order valence-electron chi connectivity index (χ4n) is 0. The van der Waals surface area contributed by atoms with Gasteiger partial charge in [-0.15, -0.1) is 0 Å². The Morgan fingerprint density at radius 2 is 1.00 bits per heavy atom. The van der Waals surface area contributed by atoms with Crippen LogP contribution in [-0.4, -0.2) is 0 Å². The molecule has 3 heteroatoms. The van der Waals surface area contributed by atoms with E-state index in [2.05, 4.69) is 38.4 Å². The number of hydrogen-bond donors (Lipinski definition) is 0. The Hall–Kier alpha value is 2.17. The van der Waals surface area contributed by atoms with Gasteiger partial charge in [0.1, 0.15) is 0 Å². The van der Waals surface area contributed by atoms with Crippen LogP contribution in [0.5, 0.6) is 0 Å². The topological polar surface area (TPSA) is 0 Å². The summed E-state index contributed by atoms with van der Waals surface area (Å²) in [6, 6.07) is 0. The van der Waals surface area contributed by atoms with Gasteiger partial charge < -0.3 is 14.9 Å². The van der Waals surface area contributed by atoms with Crippen LogP contribution in [0.25, 0.3) is 0 Å². The van der Waals surface area contributed by atoms with E-state index in [0.717, 1.165) is 0 Å². The van der Waals surface area contributed by atoms with Crippen molar-refractivity contribution in [3.05, 3.63) is 14.9 Å². The molecule has 0 saturated carbocycles. The summed E-state index contributed by atoms with van der Waals surface area (Å²) in [6.07, 6.45) is 0. The Labute approximate surface area is 63.8 Å². The van der Waals surface area contributed by atoms with Crippen molar-refractivity contribution in [2.45, 2.75) is 0 Å². The molecule has 0 aromatic rings. The average molecular weight is 332 g/mol. The monoisotopic (exact) mass is 332 g/mol. The van der Waals surface area contributed by atoms with Crippen molar-refractivity contribution in [2.24, 2.45) is 0 Å². The predicted molar refractivity (Wildman–Crippen MR) is 40.9 cm³/mol. The van der Waals surface area contributed by atoms with Crippen molar-refractivity contribution in [1.82, 2.24) is 0 Å². The molecule has 5 heavy (non-hydrogen) atoms. The first kappa shape index (κ1) is 15.7. The zero-order valence-corrected chi connectivity index (χ0v) is 9.13. The Kier molecular flexibility index (Phi) is 51.5. The molecule has 0 bridgehead atoms. The number of halogens is 2. The van der Waals surface area contributed by atoms with Crippen LogP contribution < -0.4 is 0 Å². The zero-order chi connectivity index (χ0) is 2.71. The van der Waals surface area contributed by atoms with Crippen LogP contribution in [0.1, 0.15) is 0 Å². The molecular weight excluding hydrogens is 326 g/mol. The molecule has 0 radical (unpaired) electrons. The predicted octanol–water partition coefficient (Wildman–Crippen LogP) is 2.67. The van der Waals surface area contributed by atoms with Gasteiger partial charge in [0.2, 0.25) is 0 Å². The Balaban J connectivity index is -0.0000000200. The molecule has 0 aliphatic carbocycles. The first-order chi connectivity index (χ1) is 1.41. The summed E-state index contributed by atoms with van der Waals surface area (Å²) < 4.78 is 0. The molecular formula is C2H6I2Ti-2. The molecule has 0 fully saturated rings. The third kappa shape index (κ3) is 22.8. The maximum absolute atomic E-state index is 2.40. The first-order valence-corrected chi connectivity index (χ1v) is 10.5. The van der Waals surface area contributed by atoms with Crippen LogP contribution >= 0.6 is 38.4 Å². The van der Waals surface area contributed by atoms with E-state index in [9.17, 15) is 0 Å². The average Bonchev–Trinajstić information content (AvgIpc) is 0.918. The van der Waals surface area contributed by atoms with Gasteiger partial charge in [0, 0.05) is 0 Å². The van der Waals surface area contributed by atoms with Crippen molar-refractivity contribution in [3.8, 4) is 0 Å². The van der Waals surface area contributed by atoms with Crippen molar-refractivity contribution in [3.63, 3.8) is 0 Å². The molecule has 0 spiro atoms. The Morgan fingerprint density at radius 3 is 1.00 bits per heavy atom. The molecule has 0 aliphatic rings. The van der Waals surface area contributed by atoms with Crippen LogP contribution in [0.3, 0.4) is 0 Å². The van der Waals surface area contributed by atoms with E-state index < -0.39 is 0 Å². The second kappa shape index (κ2) is 16.4. The molecule has 0 saturated heterocycles. The van der Waals surface area contributed by atoms with E-state index in [0.29, 0.717) is 11.7 Å². The Bertz CT molecular complexity index is 7.61. The summed E-state index contributed by atoms with van der Waals surface area (Å²) >= 11 is 5.24. The third-order valence-corrected chi connectivity index (χ3v) is 0. The summed E-state index contributed by atoms with van der Waals surface area (Å²) in [7, 11) is 0. The summed E-state index contributed by atoms with van der Waals surface area (Å²) in [4.78, 5) is 0. The van der Waals surface area contributed by atoms with E-state index in [1.807, 2.05) is 0 Å². The van der Waals surface area contributed by atoms with Gasteiger partial charge in [-0.25, -0.2) is 0 Å². The van der Waals surface area contributed by atoms with Crippen LogP contribution in [0.4, 0.5) is 0 Å². The van der Waals surface area contributed by atoms with Crippen molar-refractivity contribution in [2.75, 3.05) is 0 Å². The summed E-state index contributed by atoms with van der Waals surface area (Å²) in [5, 5.41) is 0. The van der Waals surface area contributed by atoms with Gasteiger partial charge in [0.15, 0.2) is 0 Å². The van der Waals surface area contributed by atoms with E-state index in [1.54, 1.807) is 0 Å². The molecule has 0 aromatic carbocycles. The van der Waals surface area contributed by atoms with Gasteiger partial charge in [-0.2, -0.15) is 0 Å². The molecule has 34 valence electrons. The van der Waals surface area contributed by atoms with Crippen LogP contribution in [0.15, 0.2) is 0 Å². The van der Waals surface area contributed by atoms with Gasteiger partial charge in [0.25, 0.3) is 0 Å². The van der Waals surface area contributed by atoms with Gasteiger partial charge in [-0.05, 0) is 0 Å². The van der Waals surface area contributed by atoms with E-state index in [1.165, 1.54) is 0 Å². The molecule has 0 N–H and O–H groups in total. The quantitative estimate of drug-likeness (QED) is 0.364. The first-order valence-electron chi connectivity index (χ1n) is 0.378. The van der Waals surface area contributed by atoms with E-state index >= 15 is 0 Å². The van der Waals surface area contributed by atoms with E-state index in [4.69, 9.17) is 0 Å². The van der Waals surface area contributed by atoms with Crippen LogP contribution in [0, 0.1) is 14.9 Å². The normalized spacial score (nSPS) is 2.80. The van der Waals surface area contributed by atoms with Gasteiger partial charge in [0.05, 0.1) is 0 Å². The van der Waals surface area contributed by atoms with Gasteiger partial charge >= 0.3 is 50.0 Å². The molecule has 0 atom stereocenters. The summed E-state index contributed by atoms with van der Waals surface area (Å²) in [6.45, 7) is 0. The summed E-state index contributed by atoms with van der Waals surface area (Å²) in [5.41, 5.74) is 0. The van der Waals surface area contributed by atoms with E-state index in [-0.39, 0.29) is 14.9 Å². The Morgan fingerprint density at radius 1 is 1.00 bits per heavy atom. The maximum atomic E-state index is 2.40. The minimum atomic E-state index is 0.